The Kier molecular flexibility index (Phi) is 7.01. The Bertz CT molecular complexity index is 1210. The summed E-state index contributed by atoms with van der Waals surface area (Å²) in [5.74, 6) is -2.76. The number of rotatable bonds is 3. The largest absolute Gasteiger partial charge is 0.490 e. The second-order valence-electron chi connectivity index (χ2n) is 7.48. The second kappa shape index (κ2) is 9.72. The summed E-state index contributed by atoms with van der Waals surface area (Å²) < 4.78 is 31.7. The van der Waals surface area contributed by atoms with E-state index in [9.17, 15) is 18.0 Å². The zero-order valence-electron chi connectivity index (χ0n) is 18.0. The molecule has 1 amide bonds. The normalized spacial score (nSPS) is 13.2. The van der Waals surface area contributed by atoms with Gasteiger partial charge in [0.1, 0.15) is 0 Å². The molecule has 0 aliphatic carbocycles. The molecule has 0 saturated heterocycles. The highest BCUT2D eigenvalue weighted by Gasteiger charge is 2.38. The Hall–Kier alpha value is -3.88. The van der Waals surface area contributed by atoms with E-state index in [4.69, 9.17) is 9.90 Å². The van der Waals surface area contributed by atoms with Crippen LogP contribution < -0.4 is 5.32 Å². The maximum Gasteiger partial charge on any atom is 0.490 e. The number of aliphatic carboxylic acids is 1. The number of nitrogens with one attached hydrogen (secondary N) is 2. The molecule has 0 spiro atoms. The molecule has 9 heteroatoms. The standard InChI is InChI=1S/C22H21N3O.C2HF3O2/c1-14-4-3-5-16(15(14)2)6-7-18-12-17(8-10-23-18)21-13-19-20(25-21)9-11-24-22(19)26;3-2(4,5)1(6)7/h3-8,10,12-13,25H,9,11H2,1-2H3,(H,24,26);(H,6,7)/b7-6+;. The monoisotopic (exact) mass is 457 g/mol. The van der Waals surface area contributed by atoms with Crippen molar-refractivity contribution < 1.29 is 27.9 Å². The molecule has 2 aromatic heterocycles. The Balaban J connectivity index is 0.000000383. The van der Waals surface area contributed by atoms with E-state index in [0.717, 1.165) is 34.6 Å². The highest BCUT2D eigenvalue weighted by atomic mass is 19.4. The van der Waals surface area contributed by atoms with Crippen LogP contribution in [-0.4, -0.2) is 39.7 Å². The number of H-pyrrole nitrogens is 1. The number of carbonyl (C=O) groups is 2. The van der Waals surface area contributed by atoms with E-state index < -0.39 is 12.1 Å². The molecule has 1 aromatic carbocycles. The maximum absolute atomic E-state index is 12.0. The predicted molar refractivity (Wildman–Crippen MR) is 119 cm³/mol. The van der Waals surface area contributed by atoms with Gasteiger partial charge in [-0.25, -0.2) is 4.79 Å². The summed E-state index contributed by atoms with van der Waals surface area (Å²) in [4.78, 5) is 28.7. The molecule has 0 radical (unpaired) electrons. The van der Waals surface area contributed by atoms with E-state index in [0.29, 0.717) is 6.54 Å². The lowest BCUT2D eigenvalue weighted by molar-refractivity contribution is -0.192. The van der Waals surface area contributed by atoms with Crippen molar-refractivity contribution in [1.82, 2.24) is 15.3 Å². The Morgan fingerprint density at radius 2 is 1.88 bits per heavy atom. The van der Waals surface area contributed by atoms with Gasteiger partial charge in [-0.05, 0) is 54.8 Å². The van der Waals surface area contributed by atoms with Crippen molar-refractivity contribution in [2.45, 2.75) is 26.4 Å². The molecular weight excluding hydrogens is 435 g/mol. The molecule has 0 bridgehead atoms. The number of aromatic amines is 1. The number of hydrogen-bond donors (Lipinski definition) is 3. The molecule has 172 valence electrons. The van der Waals surface area contributed by atoms with Gasteiger partial charge in [-0.3, -0.25) is 9.78 Å². The number of carboxylic acid groups (broad SMARTS) is 1. The Morgan fingerprint density at radius 1 is 1.15 bits per heavy atom. The van der Waals surface area contributed by atoms with E-state index in [1.54, 1.807) is 6.20 Å². The molecule has 0 saturated carbocycles. The summed E-state index contributed by atoms with van der Waals surface area (Å²) in [5.41, 5.74) is 8.39. The van der Waals surface area contributed by atoms with Crippen LogP contribution in [0.1, 0.15) is 38.4 Å². The van der Waals surface area contributed by atoms with Crippen LogP contribution >= 0.6 is 0 Å². The van der Waals surface area contributed by atoms with Gasteiger partial charge < -0.3 is 15.4 Å². The number of carbonyl (C=O) groups excluding carboxylic acids is 1. The zero-order valence-corrected chi connectivity index (χ0v) is 18.0. The highest BCUT2D eigenvalue weighted by Crippen LogP contribution is 2.25. The summed E-state index contributed by atoms with van der Waals surface area (Å²) >= 11 is 0. The highest BCUT2D eigenvalue weighted by molar-refractivity contribution is 5.97. The minimum atomic E-state index is -5.08. The number of halogens is 3. The van der Waals surface area contributed by atoms with Crippen molar-refractivity contribution in [3.63, 3.8) is 0 Å². The second-order valence-corrected chi connectivity index (χ2v) is 7.48. The lowest BCUT2D eigenvalue weighted by Gasteiger charge is -2.10. The lowest BCUT2D eigenvalue weighted by Crippen LogP contribution is -2.31. The first-order chi connectivity index (χ1) is 15.6. The number of alkyl halides is 3. The molecule has 3 heterocycles. The molecule has 6 nitrogen and oxygen atoms in total. The number of pyridine rings is 1. The first-order valence-electron chi connectivity index (χ1n) is 10.1. The number of nitrogens with zero attached hydrogens (tertiary/aromatic N) is 1. The number of amides is 1. The minimum absolute atomic E-state index is 0.00199. The fourth-order valence-corrected chi connectivity index (χ4v) is 3.29. The molecule has 33 heavy (non-hydrogen) atoms. The zero-order chi connectivity index (χ0) is 24.2. The van der Waals surface area contributed by atoms with Crippen molar-refractivity contribution >= 4 is 24.0 Å². The van der Waals surface area contributed by atoms with Crippen LogP contribution in [0.3, 0.4) is 0 Å². The molecule has 0 unspecified atom stereocenters. The van der Waals surface area contributed by atoms with Gasteiger partial charge in [-0.1, -0.05) is 24.3 Å². The number of hydrogen-bond acceptors (Lipinski definition) is 3. The summed E-state index contributed by atoms with van der Waals surface area (Å²) in [6, 6.07) is 12.2. The van der Waals surface area contributed by atoms with Crippen LogP contribution in [0, 0.1) is 13.8 Å². The third-order valence-corrected chi connectivity index (χ3v) is 5.22. The van der Waals surface area contributed by atoms with Crippen LogP contribution in [0.15, 0.2) is 42.6 Å². The van der Waals surface area contributed by atoms with Gasteiger partial charge in [-0.2, -0.15) is 13.2 Å². The number of fused-ring (bicyclic) bond motifs is 1. The van der Waals surface area contributed by atoms with Gasteiger partial charge >= 0.3 is 12.1 Å². The van der Waals surface area contributed by atoms with Crippen molar-refractivity contribution in [2.24, 2.45) is 0 Å². The fourth-order valence-electron chi connectivity index (χ4n) is 3.29. The average molecular weight is 457 g/mol. The molecule has 1 aliphatic heterocycles. The van der Waals surface area contributed by atoms with Gasteiger partial charge in [0, 0.05) is 36.1 Å². The van der Waals surface area contributed by atoms with Gasteiger partial charge in [0.25, 0.3) is 5.91 Å². The SMILES string of the molecule is Cc1cccc(/C=C/c2cc(-c3cc4c([nH]3)CCNC4=O)ccn2)c1C.O=C(O)C(F)(F)F. The fraction of sp³-hybridized carbons (Fsp3) is 0.208. The third-order valence-electron chi connectivity index (χ3n) is 5.22. The smallest absolute Gasteiger partial charge is 0.475 e. The Labute approximate surface area is 188 Å². The summed E-state index contributed by atoms with van der Waals surface area (Å²) in [5, 5.41) is 10.0. The average Bonchev–Trinajstić information content (AvgIpc) is 3.21. The van der Waals surface area contributed by atoms with Crippen LogP contribution in [0.4, 0.5) is 13.2 Å². The molecule has 0 atom stereocenters. The van der Waals surface area contributed by atoms with E-state index in [2.05, 4.69) is 53.4 Å². The third kappa shape index (κ3) is 5.88. The lowest BCUT2D eigenvalue weighted by atomic mass is 10.0. The number of benzene rings is 1. The van der Waals surface area contributed by atoms with Gasteiger partial charge in [0.05, 0.1) is 11.3 Å². The Morgan fingerprint density at radius 3 is 2.55 bits per heavy atom. The summed E-state index contributed by atoms with van der Waals surface area (Å²) in [6.07, 6.45) is 1.69. The van der Waals surface area contributed by atoms with Crippen molar-refractivity contribution in [1.29, 1.82) is 0 Å². The van der Waals surface area contributed by atoms with E-state index >= 15 is 0 Å². The molecule has 1 aliphatic rings. The molecule has 4 rings (SSSR count). The van der Waals surface area contributed by atoms with Crippen LogP contribution in [0.5, 0.6) is 0 Å². The van der Waals surface area contributed by atoms with E-state index in [1.807, 2.05) is 24.3 Å². The van der Waals surface area contributed by atoms with Crippen molar-refractivity contribution in [3.05, 3.63) is 76.2 Å². The van der Waals surface area contributed by atoms with Gasteiger partial charge in [0.2, 0.25) is 0 Å². The quantitative estimate of drug-likeness (QED) is 0.527. The number of aromatic nitrogens is 2. The van der Waals surface area contributed by atoms with Gasteiger partial charge in [0.15, 0.2) is 0 Å². The van der Waals surface area contributed by atoms with Crippen molar-refractivity contribution in [3.8, 4) is 11.3 Å². The minimum Gasteiger partial charge on any atom is -0.475 e. The molecule has 0 fully saturated rings. The number of aryl methyl sites for hydroxylation is 1. The molecule has 3 N–H and O–H groups in total. The number of carboxylic acids is 1. The predicted octanol–water partition coefficient (Wildman–Crippen LogP) is 4.78. The molecular formula is C24H22F3N3O3. The first kappa shape index (κ1) is 23.8. The van der Waals surface area contributed by atoms with Gasteiger partial charge in [-0.15, -0.1) is 0 Å². The van der Waals surface area contributed by atoms with Crippen LogP contribution in [0.2, 0.25) is 0 Å². The summed E-state index contributed by atoms with van der Waals surface area (Å²) in [7, 11) is 0. The first-order valence-corrected chi connectivity index (χ1v) is 10.1. The van der Waals surface area contributed by atoms with E-state index in [1.165, 1.54) is 16.7 Å². The molecule has 3 aromatic rings. The van der Waals surface area contributed by atoms with Crippen LogP contribution in [-0.2, 0) is 11.2 Å². The van der Waals surface area contributed by atoms with E-state index in [-0.39, 0.29) is 5.91 Å². The van der Waals surface area contributed by atoms with Crippen molar-refractivity contribution in [2.75, 3.05) is 6.54 Å². The maximum atomic E-state index is 12.0. The topological polar surface area (TPSA) is 95.1 Å². The van der Waals surface area contributed by atoms with Crippen LogP contribution in [0.25, 0.3) is 23.4 Å². The summed E-state index contributed by atoms with van der Waals surface area (Å²) in [6.45, 7) is 4.94.